The molecular formula is C27H27F3N2O4. The number of carbonyl (C=O) groups is 1. The second kappa shape index (κ2) is 9.89. The Labute approximate surface area is 207 Å². The molecule has 2 heterocycles. The number of ether oxygens (including phenoxy) is 3. The number of hydrogen-bond donors (Lipinski definition) is 0. The molecule has 0 radical (unpaired) electrons. The van der Waals surface area contributed by atoms with Crippen LogP contribution < -0.4 is 4.74 Å². The summed E-state index contributed by atoms with van der Waals surface area (Å²) in [6.45, 7) is 5.59. The highest BCUT2D eigenvalue weighted by Gasteiger charge is 2.42. The van der Waals surface area contributed by atoms with Crippen molar-refractivity contribution in [2.24, 2.45) is 0 Å². The number of carbonyl (C=O) groups excluding carboxylic acids is 1. The number of aromatic nitrogens is 2. The molecular weight excluding hydrogens is 473 g/mol. The van der Waals surface area contributed by atoms with E-state index in [1.54, 1.807) is 39.0 Å². The molecule has 1 atom stereocenters. The van der Waals surface area contributed by atoms with E-state index in [9.17, 15) is 18.0 Å². The predicted molar refractivity (Wildman–Crippen MR) is 127 cm³/mol. The van der Waals surface area contributed by atoms with Gasteiger partial charge in [-0.2, -0.15) is 23.4 Å². The Balaban J connectivity index is 2.11. The molecule has 2 aromatic carbocycles. The molecule has 1 aliphatic heterocycles. The van der Waals surface area contributed by atoms with Gasteiger partial charge in [-0.1, -0.05) is 12.1 Å². The van der Waals surface area contributed by atoms with Crippen LogP contribution in [-0.4, -0.2) is 35.5 Å². The van der Waals surface area contributed by atoms with Gasteiger partial charge in [0.15, 0.2) is 6.10 Å². The summed E-state index contributed by atoms with van der Waals surface area (Å²) in [5, 5.41) is 7.70. The largest absolute Gasteiger partial charge is 0.493 e. The summed E-state index contributed by atoms with van der Waals surface area (Å²) < 4.78 is 60.0. The van der Waals surface area contributed by atoms with Crippen molar-refractivity contribution in [3.63, 3.8) is 0 Å². The predicted octanol–water partition coefficient (Wildman–Crippen LogP) is 6.18. The molecule has 190 valence electrons. The van der Waals surface area contributed by atoms with E-state index in [0.717, 1.165) is 31.6 Å². The molecule has 0 bridgehead atoms. The van der Waals surface area contributed by atoms with Crippen molar-refractivity contribution in [1.29, 1.82) is 0 Å². The molecule has 4 rings (SSSR count). The molecule has 1 aliphatic rings. The van der Waals surface area contributed by atoms with Gasteiger partial charge in [0.2, 0.25) is 0 Å². The number of halogens is 3. The Morgan fingerprint density at radius 2 is 1.83 bits per heavy atom. The molecule has 0 fully saturated rings. The van der Waals surface area contributed by atoms with Gasteiger partial charge < -0.3 is 14.2 Å². The summed E-state index contributed by atoms with van der Waals surface area (Å²) in [5.41, 5.74) is 0.361. The van der Waals surface area contributed by atoms with Crippen LogP contribution in [0.1, 0.15) is 50.0 Å². The molecule has 0 saturated carbocycles. The number of esters is 1. The SMILES string of the molecule is COC(=O)C(OC(C)(C)C)c1c(C(F)(F)F)ccc(-c2ccnnc2)c1-c1ccc2c(c1)CCCO2. The summed E-state index contributed by atoms with van der Waals surface area (Å²) >= 11 is 0. The molecule has 1 aromatic heterocycles. The van der Waals surface area contributed by atoms with E-state index in [-0.39, 0.29) is 11.1 Å². The van der Waals surface area contributed by atoms with Crippen LogP contribution in [0.5, 0.6) is 5.75 Å². The lowest BCUT2D eigenvalue weighted by atomic mass is 9.84. The van der Waals surface area contributed by atoms with Crippen LogP contribution in [-0.2, 0) is 26.9 Å². The van der Waals surface area contributed by atoms with E-state index in [1.165, 1.54) is 18.5 Å². The Morgan fingerprint density at radius 1 is 1.06 bits per heavy atom. The highest BCUT2D eigenvalue weighted by Crippen LogP contribution is 2.47. The van der Waals surface area contributed by atoms with Crippen molar-refractivity contribution in [2.75, 3.05) is 13.7 Å². The first-order valence-corrected chi connectivity index (χ1v) is 11.5. The third kappa shape index (κ3) is 5.36. The van der Waals surface area contributed by atoms with E-state index in [0.29, 0.717) is 29.0 Å². The summed E-state index contributed by atoms with van der Waals surface area (Å²) in [6, 6.07) is 9.28. The van der Waals surface area contributed by atoms with Crippen LogP contribution in [0.25, 0.3) is 22.3 Å². The number of hydrogen-bond acceptors (Lipinski definition) is 6. The number of nitrogens with zero attached hydrogens (tertiary/aromatic N) is 2. The lowest BCUT2D eigenvalue weighted by molar-refractivity contribution is -0.166. The fourth-order valence-corrected chi connectivity index (χ4v) is 4.34. The topological polar surface area (TPSA) is 70.5 Å². The standard InChI is InChI=1S/C27H27F3N2O4/c1-26(2,3)36-24(25(33)34-4)23-20(27(28,29)30)9-8-19(18-11-12-31-32-15-18)22(23)17-7-10-21-16(14-17)6-5-13-35-21/h7-12,14-15,24H,5-6,13H2,1-4H3. The van der Waals surface area contributed by atoms with Crippen molar-refractivity contribution in [2.45, 2.75) is 51.5 Å². The maximum absolute atomic E-state index is 14.5. The quantitative estimate of drug-likeness (QED) is 0.390. The van der Waals surface area contributed by atoms with Gasteiger partial charge in [-0.25, -0.2) is 4.79 Å². The van der Waals surface area contributed by atoms with Crippen molar-refractivity contribution >= 4 is 5.97 Å². The Morgan fingerprint density at radius 3 is 2.47 bits per heavy atom. The van der Waals surface area contributed by atoms with E-state index < -0.39 is 29.4 Å². The smallest absolute Gasteiger partial charge is 0.416 e. The molecule has 0 spiro atoms. The number of alkyl halides is 3. The van der Waals surface area contributed by atoms with Crippen LogP contribution >= 0.6 is 0 Å². The van der Waals surface area contributed by atoms with Crippen molar-refractivity contribution in [3.05, 3.63) is 65.5 Å². The van der Waals surface area contributed by atoms with Gasteiger partial charge >= 0.3 is 12.1 Å². The third-order valence-electron chi connectivity index (χ3n) is 5.79. The van der Waals surface area contributed by atoms with E-state index in [4.69, 9.17) is 14.2 Å². The number of rotatable bonds is 5. The molecule has 1 unspecified atom stereocenters. The number of benzene rings is 2. The number of fused-ring (bicyclic) bond motifs is 1. The van der Waals surface area contributed by atoms with Crippen LogP contribution in [0.15, 0.2) is 48.8 Å². The first kappa shape index (κ1) is 25.6. The van der Waals surface area contributed by atoms with E-state index in [2.05, 4.69) is 10.2 Å². The normalized spacial score (nSPS) is 14.5. The van der Waals surface area contributed by atoms with E-state index >= 15 is 0 Å². The maximum atomic E-state index is 14.5. The molecule has 0 saturated heterocycles. The van der Waals surface area contributed by atoms with Crippen LogP contribution in [0.3, 0.4) is 0 Å². The highest BCUT2D eigenvalue weighted by atomic mass is 19.4. The lowest BCUT2D eigenvalue weighted by Crippen LogP contribution is -2.30. The highest BCUT2D eigenvalue weighted by molar-refractivity contribution is 5.91. The Bertz CT molecular complexity index is 1250. The first-order valence-electron chi connectivity index (χ1n) is 11.5. The minimum atomic E-state index is -4.76. The third-order valence-corrected chi connectivity index (χ3v) is 5.79. The maximum Gasteiger partial charge on any atom is 0.416 e. The summed E-state index contributed by atoms with van der Waals surface area (Å²) in [4.78, 5) is 13.0. The monoisotopic (exact) mass is 500 g/mol. The lowest BCUT2D eigenvalue weighted by Gasteiger charge is -2.30. The average molecular weight is 501 g/mol. The Hall–Kier alpha value is -3.46. The van der Waals surface area contributed by atoms with Crippen molar-refractivity contribution in [3.8, 4) is 28.0 Å². The van der Waals surface area contributed by atoms with Crippen molar-refractivity contribution in [1.82, 2.24) is 10.2 Å². The van der Waals surface area contributed by atoms with Crippen LogP contribution in [0.4, 0.5) is 13.2 Å². The van der Waals surface area contributed by atoms with Gasteiger partial charge in [0.25, 0.3) is 0 Å². The summed E-state index contributed by atoms with van der Waals surface area (Å²) in [5.74, 6) is -0.232. The fourth-order valence-electron chi connectivity index (χ4n) is 4.34. The minimum Gasteiger partial charge on any atom is -0.493 e. The van der Waals surface area contributed by atoms with Crippen LogP contribution in [0.2, 0.25) is 0 Å². The Kier molecular flexibility index (Phi) is 7.04. The molecule has 0 amide bonds. The zero-order chi connectivity index (χ0) is 26.1. The van der Waals surface area contributed by atoms with Gasteiger partial charge in [-0.05, 0) is 80.1 Å². The molecule has 36 heavy (non-hydrogen) atoms. The molecule has 3 aromatic rings. The van der Waals surface area contributed by atoms with Crippen LogP contribution in [0, 0.1) is 0 Å². The summed E-state index contributed by atoms with van der Waals surface area (Å²) in [7, 11) is 1.13. The molecule has 9 heteroatoms. The van der Waals surface area contributed by atoms with Gasteiger partial charge in [0, 0.05) is 11.1 Å². The number of aryl methyl sites for hydroxylation is 1. The molecule has 0 aliphatic carbocycles. The zero-order valence-electron chi connectivity index (χ0n) is 20.5. The van der Waals surface area contributed by atoms with E-state index in [1.807, 2.05) is 6.07 Å². The number of methoxy groups -OCH3 is 1. The van der Waals surface area contributed by atoms with Gasteiger partial charge in [-0.3, -0.25) is 0 Å². The average Bonchev–Trinajstić information content (AvgIpc) is 2.85. The molecule has 6 nitrogen and oxygen atoms in total. The van der Waals surface area contributed by atoms with Gasteiger partial charge in [0.05, 0.1) is 37.3 Å². The van der Waals surface area contributed by atoms with Gasteiger partial charge in [-0.15, -0.1) is 0 Å². The van der Waals surface area contributed by atoms with Crippen molar-refractivity contribution < 1.29 is 32.2 Å². The first-order chi connectivity index (χ1) is 17.0. The molecule has 0 N–H and O–H groups in total. The summed E-state index contributed by atoms with van der Waals surface area (Å²) in [6.07, 6.45) is -1.95. The fraction of sp³-hybridized carbons (Fsp3) is 0.370. The second-order valence-corrected chi connectivity index (χ2v) is 9.49. The minimum absolute atomic E-state index is 0.214. The zero-order valence-corrected chi connectivity index (χ0v) is 20.5. The second-order valence-electron chi connectivity index (χ2n) is 9.49. The van der Waals surface area contributed by atoms with Gasteiger partial charge in [0.1, 0.15) is 5.75 Å².